The van der Waals surface area contributed by atoms with Gasteiger partial charge in [-0.15, -0.1) is 0 Å². The molecule has 135 valence electrons. The van der Waals surface area contributed by atoms with Gasteiger partial charge in [0.25, 0.3) is 0 Å². The number of nitrogens with one attached hydrogen (secondary N) is 3. The van der Waals surface area contributed by atoms with Crippen LogP contribution in [0.2, 0.25) is 0 Å². The summed E-state index contributed by atoms with van der Waals surface area (Å²) in [4.78, 5) is 27.7. The summed E-state index contributed by atoms with van der Waals surface area (Å²) in [6.07, 6.45) is 10.5. The molecule has 1 aromatic carbocycles. The summed E-state index contributed by atoms with van der Waals surface area (Å²) in [6, 6.07) is 7.40. The Balaban J connectivity index is 1.47. The summed E-state index contributed by atoms with van der Waals surface area (Å²) in [7, 11) is 0. The van der Waals surface area contributed by atoms with E-state index in [1.54, 1.807) is 6.92 Å². The Morgan fingerprint density at radius 2 is 2.15 bits per heavy atom. The molecule has 0 aliphatic heterocycles. The van der Waals surface area contributed by atoms with Crippen molar-refractivity contribution in [1.82, 2.24) is 15.6 Å². The first kappa shape index (κ1) is 18.0. The van der Waals surface area contributed by atoms with Crippen molar-refractivity contribution in [1.29, 1.82) is 0 Å². The van der Waals surface area contributed by atoms with E-state index in [1.807, 2.05) is 49.5 Å². The number of aromatic nitrogens is 1. The van der Waals surface area contributed by atoms with E-state index in [1.165, 1.54) is 5.57 Å². The first-order valence-electron chi connectivity index (χ1n) is 8.92. The Morgan fingerprint density at radius 1 is 1.35 bits per heavy atom. The third-order valence-corrected chi connectivity index (χ3v) is 4.56. The molecular weight excluding hydrogens is 326 g/mol. The Morgan fingerprint density at radius 3 is 2.96 bits per heavy atom. The summed E-state index contributed by atoms with van der Waals surface area (Å²) < 4.78 is 0. The van der Waals surface area contributed by atoms with Crippen molar-refractivity contribution in [3.05, 3.63) is 59.8 Å². The van der Waals surface area contributed by atoms with E-state index in [0.29, 0.717) is 12.8 Å². The number of carbonyl (C=O) groups is 2. The van der Waals surface area contributed by atoms with Crippen LogP contribution in [-0.2, 0) is 16.0 Å². The molecule has 26 heavy (non-hydrogen) atoms. The second-order valence-electron chi connectivity index (χ2n) is 6.79. The van der Waals surface area contributed by atoms with Gasteiger partial charge in [-0.25, -0.2) is 0 Å². The van der Waals surface area contributed by atoms with Gasteiger partial charge in [-0.1, -0.05) is 35.9 Å². The number of amides is 2. The number of H-pyrrole nitrogens is 1. The minimum atomic E-state index is -0.565. The molecule has 0 bridgehead atoms. The standard InChI is InChI=1S/C21H24N3O2/c1-14-6-5-7-17(12-14)24-21(26)15(2)23-20(25)11-10-16-13-22-19-9-4-3-8-18(16)19/h3-4,6-9,13,15,17,22H,10-12H2,1-2H3,(H,23,25)(H,24,26)/t15-,17+/m0/s1. The minimum absolute atomic E-state index is 0.0573. The molecule has 1 aliphatic rings. The monoisotopic (exact) mass is 350 g/mol. The minimum Gasteiger partial charge on any atom is -0.361 e. The van der Waals surface area contributed by atoms with E-state index < -0.39 is 6.04 Å². The van der Waals surface area contributed by atoms with Crippen LogP contribution in [0.1, 0.15) is 32.3 Å². The van der Waals surface area contributed by atoms with E-state index in [-0.39, 0.29) is 17.9 Å². The van der Waals surface area contributed by atoms with Gasteiger partial charge in [-0.3, -0.25) is 9.59 Å². The molecule has 0 saturated carbocycles. The first-order valence-corrected chi connectivity index (χ1v) is 8.92. The van der Waals surface area contributed by atoms with Gasteiger partial charge in [-0.05, 0) is 44.4 Å². The number of para-hydroxylation sites is 1. The van der Waals surface area contributed by atoms with Gasteiger partial charge in [0, 0.05) is 23.5 Å². The normalized spacial score (nSPS) is 17.6. The Kier molecular flexibility index (Phi) is 5.56. The van der Waals surface area contributed by atoms with Crippen LogP contribution in [0.5, 0.6) is 0 Å². The zero-order valence-electron chi connectivity index (χ0n) is 15.1. The zero-order chi connectivity index (χ0) is 18.5. The Hall–Kier alpha value is -2.82. The fraction of sp³-hybridized carbons (Fsp3) is 0.333. The lowest BCUT2D eigenvalue weighted by Crippen LogP contribution is -2.48. The van der Waals surface area contributed by atoms with Crippen molar-refractivity contribution in [3.8, 4) is 0 Å². The third-order valence-electron chi connectivity index (χ3n) is 4.56. The molecule has 1 radical (unpaired) electrons. The zero-order valence-corrected chi connectivity index (χ0v) is 15.1. The van der Waals surface area contributed by atoms with Gasteiger partial charge < -0.3 is 15.6 Å². The number of carbonyl (C=O) groups excluding carboxylic acids is 2. The van der Waals surface area contributed by atoms with Gasteiger partial charge in [0.15, 0.2) is 0 Å². The van der Waals surface area contributed by atoms with Crippen LogP contribution in [0, 0.1) is 6.08 Å². The SMILES string of the molecule is CC1=C[C]=C[C@@H](NC(=O)[C@H](C)NC(=O)CCc2c[nH]c3ccccc23)C1. The van der Waals surface area contributed by atoms with Crippen molar-refractivity contribution < 1.29 is 9.59 Å². The number of hydrogen-bond acceptors (Lipinski definition) is 2. The van der Waals surface area contributed by atoms with E-state index >= 15 is 0 Å². The number of benzene rings is 1. The highest BCUT2D eigenvalue weighted by Gasteiger charge is 2.19. The molecule has 0 spiro atoms. The molecule has 2 amide bonds. The second kappa shape index (κ2) is 8.04. The maximum absolute atomic E-state index is 12.3. The third kappa shape index (κ3) is 4.42. The molecule has 3 N–H and O–H groups in total. The summed E-state index contributed by atoms with van der Waals surface area (Å²) in [5.74, 6) is -0.303. The average molecular weight is 350 g/mol. The Labute approximate surface area is 153 Å². The topological polar surface area (TPSA) is 74.0 Å². The fourth-order valence-electron chi connectivity index (χ4n) is 3.14. The highest BCUT2D eigenvalue weighted by Crippen LogP contribution is 2.18. The predicted octanol–water partition coefficient (Wildman–Crippen LogP) is 2.80. The van der Waals surface area contributed by atoms with Crippen molar-refractivity contribution in [2.24, 2.45) is 0 Å². The molecule has 3 rings (SSSR count). The predicted molar refractivity (Wildman–Crippen MR) is 102 cm³/mol. The van der Waals surface area contributed by atoms with Crippen LogP contribution in [0.4, 0.5) is 0 Å². The van der Waals surface area contributed by atoms with E-state index in [0.717, 1.165) is 22.9 Å². The lowest BCUT2D eigenvalue weighted by molar-refractivity contribution is -0.128. The molecule has 1 heterocycles. The first-order chi connectivity index (χ1) is 12.5. The molecule has 2 aromatic rings. The maximum atomic E-state index is 12.3. The van der Waals surface area contributed by atoms with Crippen molar-refractivity contribution >= 4 is 22.7 Å². The van der Waals surface area contributed by atoms with E-state index in [9.17, 15) is 9.59 Å². The summed E-state index contributed by atoms with van der Waals surface area (Å²) in [5, 5.41) is 6.85. The van der Waals surface area contributed by atoms with Crippen LogP contribution in [0.15, 0.2) is 48.2 Å². The average Bonchev–Trinajstić information content (AvgIpc) is 3.03. The van der Waals surface area contributed by atoms with Gasteiger partial charge in [-0.2, -0.15) is 0 Å². The smallest absolute Gasteiger partial charge is 0.242 e. The fourth-order valence-corrected chi connectivity index (χ4v) is 3.14. The maximum Gasteiger partial charge on any atom is 0.242 e. The van der Waals surface area contributed by atoms with Crippen molar-refractivity contribution in [2.75, 3.05) is 0 Å². The van der Waals surface area contributed by atoms with E-state index in [4.69, 9.17) is 0 Å². The molecule has 0 unspecified atom stereocenters. The second-order valence-corrected chi connectivity index (χ2v) is 6.79. The summed E-state index contributed by atoms with van der Waals surface area (Å²) in [5.41, 5.74) is 3.35. The largest absolute Gasteiger partial charge is 0.361 e. The number of aromatic amines is 1. The van der Waals surface area contributed by atoms with Gasteiger partial charge in [0.1, 0.15) is 6.04 Å². The van der Waals surface area contributed by atoms with Crippen LogP contribution >= 0.6 is 0 Å². The van der Waals surface area contributed by atoms with Gasteiger partial charge >= 0.3 is 0 Å². The summed E-state index contributed by atoms with van der Waals surface area (Å²) >= 11 is 0. The molecule has 5 heteroatoms. The van der Waals surface area contributed by atoms with Crippen molar-refractivity contribution in [2.45, 2.75) is 45.2 Å². The summed E-state index contributed by atoms with van der Waals surface area (Å²) in [6.45, 7) is 3.72. The number of rotatable bonds is 6. The number of hydrogen-bond donors (Lipinski definition) is 3. The van der Waals surface area contributed by atoms with E-state index in [2.05, 4.69) is 21.7 Å². The number of allylic oxidation sites excluding steroid dienone is 2. The van der Waals surface area contributed by atoms with Gasteiger partial charge in [0.2, 0.25) is 11.8 Å². The number of aryl methyl sites for hydroxylation is 1. The van der Waals surface area contributed by atoms with Gasteiger partial charge in [0.05, 0.1) is 6.04 Å². The van der Waals surface area contributed by atoms with Crippen LogP contribution in [-0.4, -0.2) is 28.9 Å². The molecule has 1 aromatic heterocycles. The molecule has 5 nitrogen and oxygen atoms in total. The molecule has 0 fully saturated rings. The van der Waals surface area contributed by atoms with Crippen molar-refractivity contribution in [3.63, 3.8) is 0 Å². The number of fused-ring (bicyclic) bond motifs is 1. The lowest BCUT2D eigenvalue weighted by Gasteiger charge is -2.21. The van der Waals surface area contributed by atoms with Crippen LogP contribution in [0.25, 0.3) is 10.9 Å². The van der Waals surface area contributed by atoms with Crippen LogP contribution in [0.3, 0.4) is 0 Å². The highest BCUT2D eigenvalue weighted by atomic mass is 16.2. The molecule has 1 aliphatic carbocycles. The molecule has 0 saturated heterocycles. The van der Waals surface area contributed by atoms with Crippen LogP contribution < -0.4 is 10.6 Å². The molecular formula is C21H24N3O2. The lowest BCUT2D eigenvalue weighted by atomic mass is 10.0. The molecule has 2 atom stereocenters. The highest BCUT2D eigenvalue weighted by molar-refractivity contribution is 5.88. The Bertz CT molecular complexity index is 863. The quantitative estimate of drug-likeness (QED) is 0.749.